The number of halogens is 1. The molecule has 5 nitrogen and oxygen atoms in total. The Hall–Kier alpha value is -2.99. The molecule has 1 aliphatic carbocycles. The molecule has 2 fully saturated rings. The van der Waals surface area contributed by atoms with Gasteiger partial charge in [0.05, 0.1) is 5.69 Å². The molecule has 5 rings (SSSR count). The van der Waals surface area contributed by atoms with Crippen molar-refractivity contribution in [2.75, 3.05) is 25.0 Å². The second kappa shape index (κ2) is 8.51. The Bertz CT molecular complexity index is 1160. The maximum absolute atomic E-state index is 13.2. The highest BCUT2D eigenvalue weighted by atomic mass is 19.1. The molecule has 32 heavy (non-hydrogen) atoms. The first-order valence-corrected chi connectivity index (χ1v) is 11.4. The molecule has 0 bridgehead atoms. The molecule has 0 radical (unpaired) electrons. The first kappa shape index (κ1) is 20.9. The van der Waals surface area contributed by atoms with Gasteiger partial charge in [0.25, 0.3) is 5.56 Å². The van der Waals surface area contributed by atoms with E-state index in [2.05, 4.69) is 15.2 Å². The topological polar surface area (TPSA) is 50.2 Å². The summed E-state index contributed by atoms with van der Waals surface area (Å²) in [6.45, 7) is 4.92. The number of fused-ring (bicyclic) bond motifs is 1. The SMILES string of the molecule is Cc1nc(Nc2ccccc2)n(C)c(=O)c1CCN1CC2CC(c3ccc(F)cc3)C2C1. The summed E-state index contributed by atoms with van der Waals surface area (Å²) in [4.78, 5) is 20.2. The number of aryl methyl sites for hydroxylation is 1. The number of hydrogen-bond acceptors (Lipinski definition) is 4. The molecule has 0 amide bonds. The summed E-state index contributed by atoms with van der Waals surface area (Å²) in [6, 6.07) is 16.8. The van der Waals surface area contributed by atoms with Crippen molar-refractivity contribution < 1.29 is 4.39 Å². The molecule has 2 aromatic carbocycles. The van der Waals surface area contributed by atoms with Crippen molar-refractivity contribution in [2.24, 2.45) is 18.9 Å². The van der Waals surface area contributed by atoms with Gasteiger partial charge in [0.2, 0.25) is 5.95 Å². The third kappa shape index (κ3) is 3.95. The summed E-state index contributed by atoms with van der Waals surface area (Å²) in [5.41, 5.74) is 3.76. The van der Waals surface area contributed by atoms with Crippen molar-refractivity contribution in [3.63, 3.8) is 0 Å². The Morgan fingerprint density at radius 3 is 2.59 bits per heavy atom. The molecular weight excluding hydrogens is 403 g/mol. The van der Waals surface area contributed by atoms with Crippen LogP contribution in [0.4, 0.5) is 16.0 Å². The van der Waals surface area contributed by atoms with Gasteiger partial charge in [-0.3, -0.25) is 9.36 Å². The zero-order valence-electron chi connectivity index (χ0n) is 18.6. The lowest BCUT2D eigenvalue weighted by molar-refractivity contribution is 0.191. The van der Waals surface area contributed by atoms with E-state index in [1.165, 1.54) is 12.0 Å². The predicted molar refractivity (Wildman–Crippen MR) is 125 cm³/mol. The van der Waals surface area contributed by atoms with Crippen LogP contribution in [0.1, 0.15) is 29.2 Å². The summed E-state index contributed by atoms with van der Waals surface area (Å²) in [7, 11) is 1.77. The molecule has 2 heterocycles. The van der Waals surface area contributed by atoms with E-state index >= 15 is 0 Å². The number of nitrogens with zero attached hydrogens (tertiary/aromatic N) is 3. The highest BCUT2D eigenvalue weighted by Crippen LogP contribution is 2.51. The van der Waals surface area contributed by atoms with E-state index in [1.807, 2.05) is 49.4 Å². The third-order valence-electron chi connectivity index (χ3n) is 7.24. The number of nitrogens with one attached hydrogen (secondary N) is 1. The minimum absolute atomic E-state index is 0.0160. The molecule has 2 aliphatic rings. The van der Waals surface area contributed by atoms with Gasteiger partial charge in [0, 0.05) is 37.9 Å². The van der Waals surface area contributed by atoms with Gasteiger partial charge in [0.1, 0.15) is 5.82 Å². The van der Waals surface area contributed by atoms with Crippen LogP contribution in [0.5, 0.6) is 0 Å². The molecule has 3 unspecified atom stereocenters. The summed E-state index contributed by atoms with van der Waals surface area (Å²) >= 11 is 0. The highest BCUT2D eigenvalue weighted by Gasteiger charge is 2.47. The van der Waals surface area contributed by atoms with E-state index in [0.717, 1.165) is 36.6 Å². The lowest BCUT2D eigenvalue weighted by Crippen LogP contribution is -2.33. The van der Waals surface area contributed by atoms with Gasteiger partial charge in [-0.1, -0.05) is 30.3 Å². The van der Waals surface area contributed by atoms with Gasteiger partial charge in [-0.05, 0) is 67.3 Å². The molecule has 6 heteroatoms. The van der Waals surface area contributed by atoms with Gasteiger partial charge >= 0.3 is 0 Å². The van der Waals surface area contributed by atoms with E-state index in [4.69, 9.17) is 0 Å². The average molecular weight is 433 g/mol. The number of benzene rings is 2. The fourth-order valence-corrected chi connectivity index (χ4v) is 5.35. The maximum atomic E-state index is 13.2. The standard InChI is InChI=1S/C26H29FN4O/c1-17-22(25(32)30(2)26(28-17)29-21-6-4-3-5-7-21)12-13-31-15-19-14-23(24(19)16-31)18-8-10-20(27)11-9-18/h3-11,19,23-24H,12-16H2,1-2H3,(H,28,29). The summed E-state index contributed by atoms with van der Waals surface area (Å²) in [5, 5.41) is 3.24. The lowest BCUT2D eigenvalue weighted by atomic mass is 9.64. The Morgan fingerprint density at radius 2 is 1.84 bits per heavy atom. The normalized spacial score (nSPS) is 22.4. The fraction of sp³-hybridized carbons (Fsp3) is 0.385. The Kier molecular flexibility index (Phi) is 5.55. The van der Waals surface area contributed by atoms with Crippen molar-refractivity contribution in [3.8, 4) is 0 Å². The molecule has 1 N–H and O–H groups in total. The van der Waals surface area contributed by atoms with Crippen molar-refractivity contribution in [3.05, 3.63) is 87.6 Å². The van der Waals surface area contributed by atoms with Crippen LogP contribution in [0, 0.1) is 24.6 Å². The quantitative estimate of drug-likeness (QED) is 0.633. The zero-order valence-corrected chi connectivity index (χ0v) is 18.6. The maximum Gasteiger partial charge on any atom is 0.258 e. The van der Waals surface area contributed by atoms with Crippen LogP contribution in [0.15, 0.2) is 59.4 Å². The minimum Gasteiger partial charge on any atom is -0.326 e. The first-order chi connectivity index (χ1) is 15.5. The van der Waals surface area contributed by atoms with Gasteiger partial charge in [-0.2, -0.15) is 0 Å². The molecule has 3 aromatic rings. The van der Waals surface area contributed by atoms with E-state index < -0.39 is 0 Å². The van der Waals surface area contributed by atoms with E-state index in [1.54, 1.807) is 23.7 Å². The molecule has 1 saturated heterocycles. The molecule has 1 saturated carbocycles. The van der Waals surface area contributed by atoms with E-state index in [9.17, 15) is 9.18 Å². The molecule has 166 valence electrons. The van der Waals surface area contributed by atoms with Crippen LogP contribution < -0.4 is 10.9 Å². The number of likely N-dealkylation sites (tertiary alicyclic amines) is 1. The van der Waals surface area contributed by atoms with Gasteiger partial charge in [0.15, 0.2) is 0 Å². The Labute approximate surface area is 187 Å². The van der Waals surface area contributed by atoms with Crippen LogP contribution in [0.2, 0.25) is 0 Å². The van der Waals surface area contributed by atoms with Gasteiger partial charge in [-0.25, -0.2) is 9.37 Å². The van der Waals surface area contributed by atoms with Crippen LogP contribution in [0.3, 0.4) is 0 Å². The van der Waals surface area contributed by atoms with Crippen molar-refractivity contribution in [1.82, 2.24) is 14.5 Å². The van der Waals surface area contributed by atoms with Gasteiger partial charge in [-0.15, -0.1) is 0 Å². The third-order valence-corrected chi connectivity index (χ3v) is 7.24. The van der Waals surface area contributed by atoms with Crippen LogP contribution in [-0.2, 0) is 13.5 Å². The number of para-hydroxylation sites is 1. The van der Waals surface area contributed by atoms with E-state index in [0.29, 0.717) is 30.1 Å². The van der Waals surface area contributed by atoms with Crippen molar-refractivity contribution >= 4 is 11.6 Å². The molecule has 0 spiro atoms. The van der Waals surface area contributed by atoms with Crippen molar-refractivity contribution in [2.45, 2.75) is 25.7 Å². The lowest BCUT2D eigenvalue weighted by Gasteiger charge is -2.40. The van der Waals surface area contributed by atoms with Crippen molar-refractivity contribution in [1.29, 1.82) is 0 Å². The summed E-state index contributed by atoms with van der Waals surface area (Å²) < 4.78 is 14.9. The van der Waals surface area contributed by atoms with Crippen LogP contribution in [-0.4, -0.2) is 34.1 Å². The number of aromatic nitrogens is 2. The number of rotatable bonds is 6. The van der Waals surface area contributed by atoms with Crippen LogP contribution in [0.25, 0.3) is 0 Å². The second-order valence-corrected chi connectivity index (χ2v) is 9.18. The minimum atomic E-state index is -0.173. The molecule has 1 aromatic heterocycles. The predicted octanol–water partition coefficient (Wildman–Crippen LogP) is 4.25. The largest absolute Gasteiger partial charge is 0.326 e. The molecular formula is C26H29FN4O. The van der Waals surface area contributed by atoms with E-state index in [-0.39, 0.29) is 11.4 Å². The molecule has 1 aliphatic heterocycles. The summed E-state index contributed by atoms with van der Waals surface area (Å²) in [5.74, 6) is 2.27. The Balaban J connectivity index is 1.23. The fourth-order valence-electron chi connectivity index (χ4n) is 5.35. The highest BCUT2D eigenvalue weighted by molar-refractivity contribution is 5.53. The summed E-state index contributed by atoms with van der Waals surface area (Å²) in [6.07, 6.45) is 1.88. The first-order valence-electron chi connectivity index (χ1n) is 11.4. The van der Waals surface area contributed by atoms with Crippen LogP contribution >= 0.6 is 0 Å². The number of anilines is 2. The average Bonchev–Trinajstić information content (AvgIpc) is 3.10. The van der Waals surface area contributed by atoms with Gasteiger partial charge < -0.3 is 10.2 Å². The second-order valence-electron chi connectivity index (χ2n) is 9.18. The smallest absolute Gasteiger partial charge is 0.258 e. The Morgan fingerprint density at radius 1 is 1.09 bits per heavy atom. The molecule has 3 atom stereocenters. The number of hydrogen-bond donors (Lipinski definition) is 1. The zero-order chi connectivity index (χ0) is 22.2. The monoisotopic (exact) mass is 432 g/mol.